The van der Waals surface area contributed by atoms with Gasteiger partial charge < -0.3 is 10.6 Å². The molecule has 0 atom stereocenters. The lowest BCUT2D eigenvalue weighted by molar-refractivity contribution is -0.113. The van der Waals surface area contributed by atoms with Crippen molar-refractivity contribution < 1.29 is 9.59 Å². The molecular formula is C23H22ClN3O2S. The molecule has 2 aromatic carbocycles. The Bertz CT molecular complexity index is 1100. The highest BCUT2D eigenvalue weighted by Crippen LogP contribution is 2.26. The lowest BCUT2D eigenvalue weighted by atomic mass is 10.1. The van der Waals surface area contributed by atoms with Crippen molar-refractivity contribution in [1.82, 2.24) is 4.98 Å². The Hall–Kier alpha value is -2.83. The number of carbonyl (C=O) groups is 2. The maximum atomic E-state index is 13.0. The summed E-state index contributed by atoms with van der Waals surface area (Å²) < 4.78 is 0. The van der Waals surface area contributed by atoms with Gasteiger partial charge in [-0.05, 0) is 62.2 Å². The first-order chi connectivity index (χ1) is 14.3. The molecule has 0 unspecified atom stereocenters. The molecule has 3 rings (SSSR count). The number of hydrogen-bond acceptors (Lipinski definition) is 4. The molecule has 2 N–H and O–H groups in total. The second kappa shape index (κ2) is 9.78. The van der Waals surface area contributed by atoms with Gasteiger partial charge in [-0.25, -0.2) is 4.98 Å². The van der Waals surface area contributed by atoms with Gasteiger partial charge in [0, 0.05) is 22.1 Å². The molecule has 0 bridgehead atoms. The summed E-state index contributed by atoms with van der Waals surface area (Å²) in [5, 5.41) is 6.82. The molecule has 3 aromatic rings. The van der Waals surface area contributed by atoms with E-state index < -0.39 is 0 Å². The van der Waals surface area contributed by atoms with E-state index in [1.54, 1.807) is 24.3 Å². The van der Waals surface area contributed by atoms with Gasteiger partial charge >= 0.3 is 0 Å². The fourth-order valence-corrected chi connectivity index (χ4v) is 4.11. The smallest absolute Gasteiger partial charge is 0.258 e. The molecular weight excluding hydrogens is 418 g/mol. The number of carbonyl (C=O) groups excluding carboxylic acids is 2. The summed E-state index contributed by atoms with van der Waals surface area (Å²) in [7, 11) is 0. The van der Waals surface area contributed by atoms with Crippen molar-refractivity contribution in [3.05, 3.63) is 82.0 Å². The van der Waals surface area contributed by atoms with Crippen LogP contribution in [0.4, 0.5) is 11.4 Å². The highest BCUT2D eigenvalue weighted by molar-refractivity contribution is 8.00. The highest BCUT2D eigenvalue weighted by Gasteiger charge is 2.19. The van der Waals surface area contributed by atoms with Crippen molar-refractivity contribution in [2.75, 3.05) is 16.4 Å². The molecule has 0 fully saturated rings. The zero-order valence-corrected chi connectivity index (χ0v) is 18.5. The number of thioether (sulfide) groups is 1. The normalized spacial score (nSPS) is 10.5. The number of aromatic nitrogens is 1. The minimum atomic E-state index is -0.288. The molecule has 0 aliphatic rings. The molecule has 0 saturated heterocycles. The van der Waals surface area contributed by atoms with Crippen molar-refractivity contribution in [2.24, 2.45) is 0 Å². The second-order valence-electron chi connectivity index (χ2n) is 6.88. The number of hydrogen-bond donors (Lipinski definition) is 2. The maximum absolute atomic E-state index is 13.0. The Morgan fingerprint density at radius 3 is 2.47 bits per heavy atom. The molecule has 1 aromatic heterocycles. The molecule has 0 radical (unpaired) electrons. The molecule has 154 valence electrons. The third-order valence-corrected chi connectivity index (χ3v) is 5.59. The molecule has 0 saturated carbocycles. The molecule has 2 amide bonds. The zero-order chi connectivity index (χ0) is 21.7. The van der Waals surface area contributed by atoms with Crippen LogP contribution >= 0.6 is 23.4 Å². The van der Waals surface area contributed by atoms with E-state index in [0.717, 1.165) is 22.5 Å². The van der Waals surface area contributed by atoms with Crippen molar-refractivity contribution in [1.29, 1.82) is 0 Å². The number of halogens is 1. The van der Waals surface area contributed by atoms with E-state index in [4.69, 9.17) is 11.6 Å². The average molecular weight is 440 g/mol. The van der Waals surface area contributed by atoms with Crippen LogP contribution in [0.25, 0.3) is 0 Å². The van der Waals surface area contributed by atoms with E-state index in [9.17, 15) is 9.59 Å². The van der Waals surface area contributed by atoms with E-state index in [0.29, 0.717) is 21.3 Å². The van der Waals surface area contributed by atoms with Crippen LogP contribution in [0, 0.1) is 20.8 Å². The third-order valence-electron chi connectivity index (χ3n) is 4.38. The van der Waals surface area contributed by atoms with Crippen LogP contribution in [0.2, 0.25) is 5.02 Å². The summed E-state index contributed by atoms with van der Waals surface area (Å²) in [6, 6.07) is 16.4. The van der Waals surface area contributed by atoms with E-state index in [1.807, 2.05) is 51.1 Å². The monoisotopic (exact) mass is 439 g/mol. The third kappa shape index (κ3) is 5.62. The van der Waals surface area contributed by atoms with Crippen LogP contribution in [-0.4, -0.2) is 22.6 Å². The first kappa shape index (κ1) is 21.9. The fourth-order valence-electron chi connectivity index (χ4n) is 2.98. The summed E-state index contributed by atoms with van der Waals surface area (Å²) in [4.78, 5) is 29.9. The predicted octanol–water partition coefficient (Wildman–Crippen LogP) is 5.64. The van der Waals surface area contributed by atoms with Gasteiger partial charge in [-0.15, -0.1) is 0 Å². The average Bonchev–Trinajstić information content (AvgIpc) is 2.67. The SMILES string of the molecule is Cc1cc(C)c(C(=O)Nc2cccc(Cl)c2)c(SCC(=O)Nc2ccccc2C)n1. The summed E-state index contributed by atoms with van der Waals surface area (Å²) in [5.74, 6) is -0.303. The van der Waals surface area contributed by atoms with Gasteiger partial charge in [-0.3, -0.25) is 9.59 Å². The molecule has 0 aliphatic carbocycles. The topological polar surface area (TPSA) is 71.1 Å². The van der Waals surface area contributed by atoms with Crippen LogP contribution in [0.5, 0.6) is 0 Å². The first-order valence-corrected chi connectivity index (χ1v) is 10.7. The van der Waals surface area contributed by atoms with Gasteiger partial charge in [0.1, 0.15) is 5.03 Å². The van der Waals surface area contributed by atoms with Crippen LogP contribution in [0.1, 0.15) is 27.2 Å². The summed E-state index contributed by atoms with van der Waals surface area (Å²) in [6.45, 7) is 5.66. The Morgan fingerprint density at radius 1 is 0.967 bits per heavy atom. The summed E-state index contributed by atoms with van der Waals surface area (Å²) >= 11 is 7.25. The minimum Gasteiger partial charge on any atom is -0.325 e. The van der Waals surface area contributed by atoms with Gasteiger partial charge in [0.2, 0.25) is 5.91 Å². The van der Waals surface area contributed by atoms with E-state index in [-0.39, 0.29) is 17.6 Å². The number of aryl methyl sites for hydroxylation is 3. The maximum Gasteiger partial charge on any atom is 0.258 e. The van der Waals surface area contributed by atoms with Crippen molar-refractivity contribution in [3.8, 4) is 0 Å². The molecule has 30 heavy (non-hydrogen) atoms. The van der Waals surface area contributed by atoms with Crippen molar-refractivity contribution in [2.45, 2.75) is 25.8 Å². The largest absolute Gasteiger partial charge is 0.325 e. The predicted molar refractivity (Wildman–Crippen MR) is 124 cm³/mol. The zero-order valence-electron chi connectivity index (χ0n) is 17.0. The van der Waals surface area contributed by atoms with Gasteiger partial charge in [-0.2, -0.15) is 0 Å². The van der Waals surface area contributed by atoms with Crippen LogP contribution in [0.3, 0.4) is 0 Å². The van der Waals surface area contributed by atoms with Crippen LogP contribution in [-0.2, 0) is 4.79 Å². The molecule has 7 heteroatoms. The highest BCUT2D eigenvalue weighted by atomic mass is 35.5. The second-order valence-corrected chi connectivity index (χ2v) is 8.28. The van der Waals surface area contributed by atoms with E-state index in [2.05, 4.69) is 15.6 Å². The van der Waals surface area contributed by atoms with Crippen LogP contribution < -0.4 is 10.6 Å². The van der Waals surface area contributed by atoms with Gasteiger partial charge in [0.25, 0.3) is 5.91 Å². The van der Waals surface area contributed by atoms with E-state index >= 15 is 0 Å². The Kier molecular flexibility index (Phi) is 7.13. The number of nitrogens with zero attached hydrogens (tertiary/aromatic N) is 1. The van der Waals surface area contributed by atoms with Crippen molar-refractivity contribution >= 4 is 46.6 Å². The number of pyridine rings is 1. The fraction of sp³-hybridized carbons (Fsp3) is 0.174. The number of amides is 2. The van der Waals surface area contributed by atoms with Gasteiger partial charge in [0.15, 0.2) is 0 Å². The Morgan fingerprint density at radius 2 is 1.73 bits per heavy atom. The van der Waals surface area contributed by atoms with E-state index in [1.165, 1.54) is 11.8 Å². The summed E-state index contributed by atoms with van der Waals surface area (Å²) in [5.41, 5.74) is 4.39. The van der Waals surface area contributed by atoms with Gasteiger partial charge in [-0.1, -0.05) is 47.6 Å². The number of para-hydroxylation sites is 1. The molecule has 5 nitrogen and oxygen atoms in total. The number of rotatable bonds is 6. The quantitative estimate of drug-likeness (QED) is 0.487. The Balaban J connectivity index is 1.76. The molecule has 1 heterocycles. The number of nitrogens with one attached hydrogen (secondary N) is 2. The summed E-state index contributed by atoms with van der Waals surface area (Å²) in [6.07, 6.45) is 0. The van der Waals surface area contributed by atoms with Crippen molar-refractivity contribution in [3.63, 3.8) is 0 Å². The van der Waals surface area contributed by atoms with Crippen LogP contribution in [0.15, 0.2) is 59.6 Å². The lowest BCUT2D eigenvalue weighted by Gasteiger charge is -2.13. The lowest BCUT2D eigenvalue weighted by Crippen LogP contribution is -2.18. The number of benzene rings is 2. The molecule has 0 aliphatic heterocycles. The first-order valence-electron chi connectivity index (χ1n) is 9.37. The molecule has 0 spiro atoms. The minimum absolute atomic E-state index is 0.141. The Labute approximate surface area is 185 Å². The van der Waals surface area contributed by atoms with Gasteiger partial charge in [0.05, 0.1) is 11.3 Å². The number of anilines is 2. The standard InChI is InChI=1S/C23H22ClN3O2S/c1-14-7-4-5-10-19(14)27-20(28)13-30-23-21(15(2)11-16(3)25-23)22(29)26-18-9-6-8-17(24)12-18/h4-12H,13H2,1-3H3,(H,26,29)(H,27,28).